The average Bonchev–Trinajstić information content (AvgIpc) is 3.25. The van der Waals surface area contributed by atoms with Crippen molar-refractivity contribution in [3.8, 4) is 0 Å². The van der Waals surface area contributed by atoms with Crippen LogP contribution >= 0.6 is 0 Å². The summed E-state index contributed by atoms with van der Waals surface area (Å²) >= 11 is 0. The summed E-state index contributed by atoms with van der Waals surface area (Å²) in [5.41, 5.74) is -0.295. The summed E-state index contributed by atoms with van der Waals surface area (Å²) in [5, 5.41) is 12.1. The van der Waals surface area contributed by atoms with Gasteiger partial charge in [0.15, 0.2) is 0 Å². The summed E-state index contributed by atoms with van der Waals surface area (Å²) in [6.45, 7) is 1.43. The van der Waals surface area contributed by atoms with Crippen molar-refractivity contribution in [1.82, 2.24) is 14.9 Å². The quantitative estimate of drug-likeness (QED) is 0.730. The number of nitrogens with zero attached hydrogens (tertiary/aromatic N) is 3. The van der Waals surface area contributed by atoms with Gasteiger partial charge in [0.05, 0.1) is 6.04 Å². The van der Waals surface area contributed by atoms with Crippen LogP contribution in [0, 0.1) is 11.6 Å². The van der Waals surface area contributed by atoms with Gasteiger partial charge in [-0.25, -0.2) is 8.78 Å². The highest BCUT2D eigenvalue weighted by Crippen LogP contribution is 2.46. The number of aliphatic hydroxyl groups is 1. The van der Waals surface area contributed by atoms with Crippen molar-refractivity contribution >= 4 is 0 Å². The molecule has 1 saturated heterocycles. The van der Waals surface area contributed by atoms with Crippen molar-refractivity contribution in [1.29, 1.82) is 0 Å². The molecular weight excluding hydrogens is 360 g/mol. The van der Waals surface area contributed by atoms with E-state index >= 15 is 0 Å². The molecule has 1 N–H and O–H groups in total. The molecule has 28 heavy (non-hydrogen) atoms. The molecule has 1 atom stereocenters. The van der Waals surface area contributed by atoms with Crippen LogP contribution in [0.15, 0.2) is 67.3 Å². The zero-order chi connectivity index (χ0) is 19.6. The topological polar surface area (TPSA) is 49.3 Å². The second kappa shape index (κ2) is 7.73. The third-order valence-electron chi connectivity index (χ3n) is 5.36. The summed E-state index contributed by atoms with van der Waals surface area (Å²) in [7, 11) is 0. The molecule has 6 heteroatoms. The maximum Gasteiger partial charge on any atom is 0.137 e. The first-order chi connectivity index (χ1) is 13.6. The Morgan fingerprint density at radius 1 is 0.929 bits per heavy atom. The van der Waals surface area contributed by atoms with E-state index in [4.69, 9.17) is 0 Å². The fraction of sp³-hybridized carbons (Fsp3) is 0.273. The molecule has 4 rings (SSSR count). The van der Waals surface area contributed by atoms with E-state index in [1.54, 1.807) is 49.1 Å². The Morgan fingerprint density at radius 2 is 1.54 bits per heavy atom. The smallest absolute Gasteiger partial charge is 0.137 e. The number of benzene rings is 1. The molecule has 1 aromatic carbocycles. The Morgan fingerprint density at radius 3 is 2.04 bits per heavy atom. The lowest BCUT2D eigenvalue weighted by molar-refractivity contribution is -0.0168. The summed E-state index contributed by atoms with van der Waals surface area (Å²) < 4.78 is 28.5. The van der Waals surface area contributed by atoms with Gasteiger partial charge in [0.1, 0.15) is 17.2 Å². The zero-order valence-electron chi connectivity index (χ0n) is 15.3. The molecule has 1 aliphatic rings. The second-order valence-electron chi connectivity index (χ2n) is 7.06. The zero-order valence-corrected chi connectivity index (χ0v) is 15.3. The van der Waals surface area contributed by atoms with Crippen LogP contribution in [0.4, 0.5) is 8.78 Å². The summed E-state index contributed by atoms with van der Waals surface area (Å²) in [5.74, 6) is -1.32. The molecule has 0 radical (unpaired) electrons. The lowest BCUT2D eigenvalue weighted by Gasteiger charge is -2.42. The largest absolute Gasteiger partial charge is 0.378 e. The molecule has 144 valence electrons. The monoisotopic (exact) mass is 381 g/mol. The van der Waals surface area contributed by atoms with Crippen LogP contribution in [0.3, 0.4) is 0 Å². The fourth-order valence-electron chi connectivity index (χ4n) is 4.07. The molecule has 2 aromatic heterocycles. The Balaban J connectivity index is 1.96. The predicted molar refractivity (Wildman–Crippen MR) is 101 cm³/mol. The molecule has 0 saturated carbocycles. The normalized spacial score (nSPS) is 16.2. The van der Waals surface area contributed by atoms with E-state index in [1.165, 1.54) is 12.1 Å². The third-order valence-corrected chi connectivity index (χ3v) is 5.36. The molecule has 0 aliphatic carbocycles. The minimum Gasteiger partial charge on any atom is -0.378 e. The fourth-order valence-corrected chi connectivity index (χ4v) is 4.07. The summed E-state index contributed by atoms with van der Waals surface area (Å²) in [6, 6.07) is 9.78. The van der Waals surface area contributed by atoms with Crippen LogP contribution in [-0.4, -0.2) is 33.1 Å². The van der Waals surface area contributed by atoms with Gasteiger partial charge in [-0.15, -0.1) is 0 Å². The predicted octanol–water partition coefficient (Wildman–Crippen LogP) is 3.83. The lowest BCUT2D eigenvalue weighted by Crippen LogP contribution is -2.44. The van der Waals surface area contributed by atoms with Crippen molar-refractivity contribution in [2.45, 2.75) is 24.5 Å². The van der Waals surface area contributed by atoms with Crippen LogP contribution in [-0.2, 0) is 5.60 Å². The molecule has 3 heterocycles. The Labute approximate surface area is 162 Å². The highest BCUT2D eigenvalue weighted by atomic mass is 19.1. The highest BCUT2D eigenvalue weighted by Gasteiger charge is 2.46. The van der Waals surface area contributed by atoms with Crippen molar-refractivity contribution in [3.63, 3.8) is 0 Å². The third kappa shape index (κ3) is 3.30. The molecule has 4 nitrogen and oxygen atoms in total. The molecule has 1 unspecified atom stereocenters. The number of likely N-dealkylation sites (tertiary alicyclic amines) is 1. The van der Waals surface area contributed by atoms with Crippen LogP contribution in [0.5, 0.6) is 0 Å². The maximum absolute atomic E-state index is 14.9. The summed E-state index contributed by atoms with van der Waals surface area (Å²) in [4.78, 5) is 10.4. The molecule has 3 aromatic rings. The van der Waals surface area contributed by atoms with E-state index in [0.717, 1.165) is 18.9 Å². The van der Waals surface area contributed by atoms with E-state index < -0.39 is 23.3 Å². The van der Waals surface area contributed by atoms with Gasteiger partial charge in [0.25, 0.3) is 0 Å². The molecular formula is C22H21F2N3O. The van der Waals surface area contributed by atoms with Crippen molar-refractivity contribution < 1.29 is 13.9 Å². The van der Waals surface area contributed by atoms with Gasteiger partial charge in [-0.3, -0.25) is 14.9 Å². The number of hydrogen-bond donors (Lipinski definition) is 1. The summed E-state index contributed by atoms with van der Waals surface area (Å²) in [6.07, 6.45) is 8.31. The van der Waals surface area contributed by atoms with Crippen LogP contribution < -0.4 is 0 Å². The van der Waals surface area contributed by atoms with E-state index in [-0.39, 0.29) is 5.56 Å². The Hall–Kier alpha value is -2.70. The van der Waals surface area contributed by atoms with Gasteiger partial charge in [-0.2, -0.15) is 0 Å². The highest BCUT2D eigenvalue weighted by molar-refractivity contribution is 5.40. The van der Waals surface area contributed by atoms with Crippen molar-refractivity contribution in [3.05, 3.63) is 95.6 Å². The SMILES string of the molecule is OC(c1cccnc1)(c1cccnc1)C(c1ccc(F)cc1F)N1CCCC1. The number of aromatic nitrogens is 2. The number of hydrogen-bond acceptors (Lipinski definition) is 4. The van der Waals surface area contributed by atoms with Gasteiger partial charge in [-0.1, -0.05) is 18.2 Å². The van der Waals surface area contributed by atoms with Crippen LogP contribution in [0.1, 0.15) is 35.6 Å². The van der Waals surface area contributed by atoms with Gasteiger partial charge < -0.3 is 5.11 Å². The van der Waals surface area contributed by atoms with Gasteiger partial charge in [0.2, 0.25) is 0 Å². The lowest BCUT2D eigenvalue weighted by atomic mass is 9.77. The van der Waals surface area contributed by atoms with E-state index in [9.17, 15) is 13.9 Å². The van der Waals surface area contributed by atoms with Gasteiger partial charge >= 0.3 is 0 Å². The molecule has 1 aliphatic heterocycles. The Bertz CT molecular complexity index is 892. The first-order valence-electron chi connectivity index (χ1n) is 9.33. The van der Waals surface area contributed by atoms with Gasteiger partial charge in [-0.05, 0) is 44.1 Å². The maximum atomic E-state index is 14.9. The average molecular weight is 381 g/mol. The second-order valence-corrected chi connectivity index (χ2v) is 7.06. The van der Waals surface area contributed by atoms with Crippen molar-refractivity contribution in [2.75, 3.05) is 13.1 Å². The van der Waals surface area contributed by atoms with Gasteiger partial charge in [0, 0.05) is 47.5 Å². The van der Waals surface area contributed by atoms with Crippen LogP contribution in [0.25, 0.3) is 0 Å². The van der Waals surface area contributed by atoms with Crippen molar-refractivity contribution in [2.24, 2.45) is 0 Å². The minimum absolute atomic E-state index is 0.249. The molecule has 1 fully saturated rings. The Kier molecular flexibility index (Phi) is 5.15. The minimum atomic E-state index is -1.61. The number of pyridine rings is 2. The number of halogens is 2. The first-order valence-corrected chi connectivity index (χ1v) is 9.33. The molecule has 0 amide bonds. The number of rotatable bonds is 5. The standard InChI is InChI=1S/C22H21F2N3O/c23-18-7-8-19(20(24)13-18)21(27-11-1-2-12-27)22(28,16-5-3-9-25-14-16)17-6-4-10-26-15-17/h3-10,13-15,21,28H,1-2,11-12H2. The first kappa shape index (κ1) is 18.7. The molecule has 0 bridgehead atoms. The van der Waals surface area contributed by atoms with E-state index in [2.05, 4.69) is 14.9 Å². The van der Waals surface area contributed by atoms with Crippen LogP contribution in [0.2, 0.25) is 0 Å². The van der Waals surface area contributed by atoms with E-state index in [1.807, 2.05) is 0 Å². The molecule has 0 spiro atoms. The van der Waals surface area contributed by atoms with E-state index in [0.29, 0.717) is 24.2 Å².